The van der Waals surface area contributed by atoms with Crippen LogP contribution in [0.2, 0.25) is 0 Å². The van der Waals surface area contributed by atoms with E-state index in [1.165, 1.54) is 7.11 Å². The van der Waals surface area contributed by atoms with Crippen molar-refractivity contribution in [3.05, 3.63) is 18.2 Å². The Kier molecular flexibility index (Phi) is 2.07. The monoisotopic (exact) mass is 197 g/mol. The maximum absolute atomic E-state index is 12.3. The minimum atomic E-state index is -2.65. The van der Waals surface area contributed by atoms with Crippen LogP contribution in [-0.2, 0) is 0 Å². The molecule has 2 rings (SSSR count). The fourth-order valence-corrected chi connectivity index (χ4v) is 1.24. The summed E-state index contributed by atoms with van der Waals surface area (Å²) in [5.41, 5.74) is 0.810. The first-order valence-electron chi connectivity index (χ1n) is 3.98. The number of para-hydroxylation sites is 1. The number of alkyl halides is 2. The van der Waals surface area contributed by atoms with Crippen LogP contribution in [0.1, 0.15) is 0 Å². The zero-order chi connectivity index (χ0) is 10.1. The van der Waals surface area contributed by atoms with E-state index in [0.717, 1.165) is 0 Å². The number of halogens is 2. The van der Waals surface area contributed by atoms with Crippen molar-refractivity contribution >= 4 is 17.2 Å². The molecule has 1 aliphatic heterocycles. The van der Waals surface area contributed by atoms with Crippen molar-refractivity contribution in [2.45, 2.75) is 6.43 Å². The van der Waals surface area contributed by atoms with Crippen molar-refractivity contribution in [1.29, 1.82) is 0 Å². The highest BCUT2D eigenvalue weighted by atomic mass is 19.3. The molecule has 0 fully saturated rings. The molecule has 0 amide bonds. The van der Waals surface area contributed by atoms with E-state index in [0.29, 0.717) is 17.1 Å². The first-order valence-corrected chi connectivity index (χ1v) is 3.98. The normalized spacial score (nSPS) is 13.6. The Bertz CT molecular complexity index is 390. The molecule has 3 nitrogen and oxygen atoms in total. The van der Waals surface area contributed by atoms with Crippen LogP contribution >= 0.6 is 0 Å². The standard InChI is InChI=1S/C9H7F2N2O/c1-14-6-4-2-3-5-7(6)13-9(12-5)8(10)11/h2-4,8H,1H3. The van der Waals surface area contributed by atoms with Gasteiger partial charge in [-0.3, -0.25) is 0 Å². The third-order valence-corrected chi connectivity index (χ3v) is 1.85. The Morgan fingerprint density at radius 2 is 2.14 bits per heavy atom. The van der Waals surface area contributed by atoms with Crippen LogP contribution in [0.25, 0.3) is 0 Å². The van der Waals surface area contributed by atoms with Gasteiger partial charge in [-0.2, -0.15) is 0 Å². The van der Waals surface area contributed by atoms with Crippen molar-refractivity contribution in [3.63, 3.8) is 0 Å². The van der Waals surface area contributed by atoms with Gasteiger partial charge in [0.1, 0.15) is 11.4 Å². The molecule has 1 radical (unpaired) electrons. The highest BCUT2D eigenvalue weighted by molar-refractivity contribution is 5.99. The van der Waals surface area contributed by atoms with Gasteiger partial charge in [0.25, 0.3) is 6.43 Å². The van der Waals surface area contributed by atoms with E-state index in [1.54, 1.807) is 18.2 Å². The van der Waals surface area contributed by atoms with E-state index >= 15 is 0 Å². The van der Waals surface area contributed by atoms with Crippen molar-refractivity contribution in [2.75, 3.05) is 7.11 Å². The highest BCUT2D eigenvalue weighted by Gasteiger charge is 2.25. The number of methoxy groups -OCH3 is 1. The van der Waals surface area contributed by atoms with E-state index in [-0.39, 0.29) is 0 Å². The largest absolute Gasteiger partial charge is 0.494 e. The van der Waals surface area contributed by atoms with Gasteiger partial charge in [-0.15, -0.1) is 0 Å². The van der Waals surface area contributed by atoms with Gasteiger partial charge in [0, 0.05) is 0 Å². The molecule has 1 aromatic carbocycles. The van der Waals surface area contributed by atoms with Crippen molar-refractivity contribution in [2.24, 2.45) is 4.99 Å². The molecular formula is C9H7F2N2O. The molecule has 1 aliphatic rings. The lowest BCUT2D eigenvalue weighted by atomic mass is 10.2. The van der Waals surface area contributed by atoms with E-state index in [2.05, 4.69) is 10.3 Å². The van der Waals surface area contributed by atoms with Gasteiger partial charge < -0.3 is 4.74 Å². The predicted molar refractivity (Wildman–Crippen MR) is 47.9 cm³/mol. The molecule has 14 heavy (non-hydrogen) atoms. The van der Waals surface area contributed by atoms with Gasteiger partial charge in [0.15, 0.2) is 5.84 Å². The van der Waals surface area contributed by atoms with Gasteiger partial charge in [-0.25, -0.2) is 19.1 Å². The molecule has 0 unspecified atom stereocenters. The molecule has 5 heteroatoms. The third kappa shape index (κ3) is 1.30. The van der Waals surface area contributed by atoms with Gasteiger partial charge in [0.2, 0.25) is 0 Å². The molecule has 1 heterocycles. The minimum Gasteiger partial charge on any atom is -0.494 e. The average Bonchev–Trinajstić information content (AvgIpc) is 2.60. The van der Waals surface area contributed by atoms with Crippen LogP contribution in [0, 0.1) is 0 Å². The number of nitrogens with zero attached hydrogens (tertiary/aromatic N) is 2. The summed E-state index contributed by atoms with van der Waals surface area (Å²) in [6, 6.07) is 4.97. The first kappa shape index (κ1) is 8.93. The second kappa shape index (κ2) is 3.25. The molecule has 0 atom stereocenters. The van der Waals surface area contributed by atoms with Gasteiger partial charge >= 0.3 is 0 Å². The van der Waals surface area contributed by atoms with Gasteiger partial charge in [0.05, 0.1) is 12.8 Å². The Morgan fingerprint density at radius 3 is 2.79 bits per heavy atom. The van der Waals surface area contributed by atoms with Gasteiger partial charge in [-0.05, 0) is 12.1 Å². The number of aliphatic imine (C=N–C) groups is 1. The lowest BCUT2D eigenvalue weighted by molar-refractivity contribution is 0.222. The summed E-state index contributed by atoms with van der Waals surface area (Å²) >= 11 is 0. The van der Waals surface area contributed by atoms with Crippen LogP contribution in [0.15, 0.2) is 23.2 Å². The topological polar surface area (TPSA) is 35.7 Å². The van der Waals surface area contributed by atoms with Crippen molar-refractivity contribution < 1.29 is 13.5 Å². The van der Waals surface area contributed by atoms with Crippen LogP contribution in [-0.4, -0.2) is 19.4 Å². The maximum Gasteiger partial charge on any atom is 0.297 e. The van der Waals surface area contributed by atoms with E-state index in [1.807, 2.05) is 0 Å². The second-order valence-corrected chi connectivity index (χ2v) is 2.71. The summed E-state index contributed by atoms with van der Waals surface area (Å²) in [6.07, 6.45) is -2.65. The lowest BCUT2D eigenvalue weighted by Gasteiger charge is -2.02. The number of ether oxygens (including phenoxy) is 1. The number of amidine groups is 1. The van der Waals surface area contributed by atoms with Gasteiger partial charge in [-0.1, -0.05) is 6.07 Å². The fraction of sp³-hybridized carbons (Fsp3) is 0.222. The van der Waals surface area contributed by atoms with E-state index in [9.17, 15) is 8.78 Å². The Hall–Kier alpha value is -1.65. The quantitative estimate of drug-likeness (QED) is 0.716. The number of rotatable bonds is 2. The fourth-order valence-electron chi connectivity index (χ4n) is 1.24. The molecule has 0 aliphatic carbocycles. The molecule has 73 valence electrons. The number of hydrogen-bond donors (Lipinski definition) is 0. The van der Waals surface area contributed by atoms with E-state index in [4.69, 9.17) is 4.74 Å². The summed E-state index contributed by atoms with van der Waals surface area (Å²) < 4.78 is 29.5. The summed E-state index contributed by atoms with van der Waals surface area (Å²) in [7, 11) is 1.46. The molecule has 0 spiro atoms. The molecule has 0 saturated carbocycles. The van der Waals surface area contributed by atoms with Crippen LogP contribution in [0.3, 0.4) is 0 Å². The van der Waals surface area contributed by atoms with Crippen molar-refractivity contribution in [1.82, 2.24) is 5.32 Å². The summed E-state index contributed by atoms with van der Waals surface area (Å²) in [4.78, 5) is 3.70. The second-order valence-electron chi connectivity index (χ2n) is 2.71. The minimum absolute atomic E-state index is 0.380. The number of hydrogen-bond acceptors (Lipinski definition) is 2. The maximum atomic E-state index is 12.3. The molecule has 1 aromatic rings. The summed E-state index contributed by atoms with van der Waals surface area (Å²) in [5.74, 6) is 0.00593. The van der Waals surface area contributed by atoms with Crippen LogP contribution in [0.4, 0.5) is 20.2 Å². The number of benzene rings is 1. The molecule has 0 saturated heterocycles. The third-order valence-electron chi connectivity index (χ3n) is 1.85. The van der Waals surface area contributed by atoms with E-state index < -0.39 is 12.3 Å². The summed E-state index contributed by atoms with van der Waals surface area (Å²) in [5, 5.41) is 3.68. The average molecular weight is 197 g/mol. The Balaban J connectivity index is 2.42. The molecular weight excluding hydrogens is 190 g/mol. The summed E-state index contributed by atoms with van der Waals surface area (Å²) in [6.45, 7) is 0. The lowest BCUT2D eigenvalue weighted by Crippen LogP contribution is -2.15. The predicted octanol–water partition coefficient (Wildman–Crippen LogP) is 2.24. The smallest absolute Gasteiger partial charge is 0.297 e. The van der Waals surface area contributed by atoms with Crippen molar-refractivity contribution in [3.8, 4) is 5.75 Å². The first-order chi connectivity index (χ1) is 6.72. The molecule has 0 bridgehead atoms. The Labute approximate surface area is 79.4 Å². The Morgan fingerprint density at radius 1 is 1.36 bits per heavy atom. The molecule has 0 N–H and O–H groups in total. The zero-order valence-corrected chi connectivity index (χ0v) is 7.37. The van der Waals surface area contributed by atoms with Crippen LogP contribution < -0.4 is 10.1 Å². The van der Waals surface area contributed by atoms with Crippen LogP contribution in [0.5, 0.6) is 5.75 Å². The number of fused-ring (bicyclic) bond motifs is 1. The SMILES string of the molecule is COc1cccc2c1N=C(C(F)F)[N]2. The molecule has 0 aromatic heterocycles. The highest BCUT2D eigenvalue weighted by Crippen LogP contribution is 2.39. The zero-order valence-electron chi connectivity index (χ0n) is 7.37.